The molecule has 5 rings (SSSR count). The van der Waals surface area contributed by atoms with E-state index in [9.17, 15) is 0 Å². The summed E-state index contributed by atoms with van der Waals surface area (Å²) in [5, 5.41) is 4.40. The summed E-state index contributed by atoms with van der Waals surface area (Å²) < 4.78 is 12.8. The van der Waals surface area contributed by atoms with Gasteiger partial charge in [-0.15, -0.1) is 0 Å². The minimum absolute atomic E-state index is 0.597. The zero-order chi connectivity index (χ0) is 19.8. The van der Waals surface area contributed by atoms with Crippen molar-refractivity contribution in [1.29, 1.82) is 0 Å². The molecule has 2 aromatic heterocycles. The first-order valence-corrected chi connectivity index (χ1v) is 9.52. The van der Waals surface area contributed by atoms with E-state index < -0.39 is 0 Å². The van der Waals surface area contributed by atoms with Gasteiger partial charge in [-0.3, -0.25) is 0 Å². The van der Waals surface area contributed by atoms with Crippen LogP contribution in [0.4, 0.5) is 5.82 Å². The van der Waals surface area contributed by atoms with Crippen LogP contribution < -0.4 is 14.4 Å². The third kappa shape index (κ3) is 3.04. The Morgan fingerprint density at radius 1 is 0.931 bits per heavy atom. The summed E-state index contributed by atoms with van der Waals surface area (Å²) in [6.45, 7) is 1.62. The topological polar surface area (TPSA) is 64.8 Å². The van der Waals surface area contributed by atoms with Crippen molar-refractivity contribution in [3.8, 4) is 22.8 Å². The van der Waals surface area contributed by atoms with Gasteiger partial charge in [-0.1, -0.05) is 30.3 Å². The first-order chi connectivity index (χ1) is 14.3. The van der Waals surface area contributed by atoms with Crippen LogP contribution in [0.3, 0.4) is 0 Å². The van der Waals surface area contributed by atoms with Crippen LogP contribution >= 0.6 is 0 Å². The molecule has 0 atom stereocenters. The lowest BCUT2D eigenvalue weighted by Gasteiger charge is -2.31. The number of aromatic nitrogens is 4. The summed E-state index contributed by atoms with van der Waals surface area (Å²) in [5.41, 5.74) is 4.45. The van der Waals surface area contributed by atoms with Gasteiger partial charge in [0.05, 0.1) is 19.9 Å². The summed E-state index contributed by atoms with van der Waals surface area (Å²) in [7, 11) is 3.34. The largest absolute Gasteiger partial charge is 0.493 e. The summed E-state index contributed by atoms with van der Waals surface area (Å²) in [4.78, 5) is 11.3. The molecule has 3 heterocycles. The monoisotopic (exact) mass is 387 g/mol. The van der Waals surface area contributed by atoms with Crippen LogP contribution in [0, 0.1) is 0 Å². The van der Waals surface area contributed by atoms with Crippen LogP contribution in [0.1, 0.15) is 11.1 Å². The average Bonchev–Trinajstić information content (AvgIpc) is 3.26. The van der Waals surface area contributed by atoms with E-state index in [0.29, 0.717) is 5.78 Å². The van der Waals surface area contributed by atoms with Crippen molar-refractivity contribution in [2.75, 3.05) is 25.7 Å². The van der Waals surface area contributed by atoms with Gasteiger partial charge in [-0.2, -0.15) is 14.6 Å². The lowest BCUT2D eigenvalue weighted by molar-refractivity contribution is 0.353. The van der Waals surface area contributed by atoms with Crippen molar-refractivity contribution in [3.05, 3.63) is 66.0 Å². The molecule has 0 saturated heterocycles. The van der Waals surface area contributed by atoms with Crippen LogP contribution in [0.5, 0.6) is 11.5 Å². The van der Waals surface area contributed by atoms with E-state index in [1.165, 1.54) is 11.1 Å². The number of fused-ring (bicyclic) bond motifs is 2. The fraction of sp³-hybridized carbons (Fsp3) is 0.227. The number of nitrogens with zero attached hydrogens (tertiary/aromatic N) is 5. The SMILES string of the molecule is COc1cc2c(cc1OC)CN(c1cc(-c3ccccc3)nc3ncnn13)CC2. The molecule has 0 saturated carbocycles. The predicted octanol–water partition coefficient (Wildman–Crippen LogP) is 3.37. The quantitative estimate of drug-likeness (QED) is 0.535. The molecular weight excluding hydrogens is 366 g/mol. The fourth-order valence-electron chi connectivity index (χ4n) is 3.86. The summed E-state index contributed by atoms with van der Waals surface area (Å²) in [6, 6.07) is 16.4. The summed E-state index contributed by atoms with van der Waals surface area (Å²) >= 11 is 0. The maximum Gasteiger partial charge on any atom is 0.254 e. The molecule has 7 heteroatoms. The second-order valence-corrected chi connectivity index (χ2v) is 6.98. The molecule has 2 aromatic carbocycles. The third-order valence-corrected chi connectivity index (χ3v) is 5.34. The second kappa shape index (κ2) is 7.09. The number of hydrogen-bond acceptors (Lipinski definition) is 6. The van der Waals surface area contributed by atoms with Crippen LogP contribution in [-0.4, -0.2) is 40.3 Å². The number of ether oxygens (including phenoxy) is 2. The first-order valence-electron chi connectivity index (χ1n) is 9.52. The van der Waals surface area contributed by atoms with Gasteiger partial charge in [0, 0.05) is 24.7 Å². The van der Waals surface area contributed by atoms with Gasteiger partial charge in [0.25, 0.3) is 5.78 Å². The van der Waals surface area contributed by atoms with E-state index in [1.54, 1.807) is 25.1 Å². The maximum atomic E-state index is 5.50. The first kappa shape index (κ1) is 17.5. The number of methoxy groups -OCH3 is 2. The zero-order valence-electron chi connectivity index (χ0n) is 16.4. The molecule has 0 aliphatic carbocycles. The van der Waals surface area contributed by atoms with E-state index in [2.05, 4.69) is 50.3 Å². The van der Waals surface area contributed by atoms with E-state index >= 15 is 0 Å². The van der Waals surface area contributed by atoms with Crippen molar-refractivity contribution in [2.45, 2.75) is 13.0 Å². The zero-order valence-corrected chi connectivity index (χ0v) is 16.4. The molecule has 4 aromatic rings. The molecular formula is C22H21N5O2. The molecule has 0 spiro atoms. The number of rotatable bonds is 4. The Morgan fingerprint density at radius 2 is 1.69 bits per heavy atom. The van der Waals surface area contributed by atoms with Crippen LogP contribution in [-0.2, 0) is 13.0 Å². The van der Waals surface area contributed by atoms with Gasteiger partial charge >= 0.3 is 0 Å². The second-order valence-electron chi connectivity index (χ2n) is 6.98. The Bertz CT molecular complexity index is 1170. The van der Waals surface area contributed by atoms with Crippen molar-refractivity contribution in [2.24, 2.45) is 0 Å². The Labute approximate surface area is 168 Å². The highest BCUT2D eigenvalue weighted by molar-refractivity contribution is 5.66. The van der Waals surface area contributed by atoms with E-state index in [1.807, 2.05) is 18.2 Å². The molecule has 0 amide bonds. The highest BCUT2D eigenvalue weighted by atomic mass is 16.5. The molecule has 1 aliphatic heterocycles. The molecule has 0 fully saturated rings. The third-order valence-electron chi connectivity index (χ3n) is 5.34. The fourth-order valence-corrected chi connectivity index (χ4v) is 3.86. The molecule has 1 aliphatic rings. The lowest BCUT2D eigenvalue weighted by atomic mass is 9.98. The number of benzene rings is 2. The molecule has 0 bridgehead atoms. The Kier molecular flexibility index (Phi) is 4.27. The maximum absolute atomic E-state index is 5.50. The van der Waals surface area contributed by atoms with Gasteiger partial charge in [0.1, 0.15) is 12.1 Å². The van der Waals surface area contributed by atoms with Gasteiger partial charge in [-0.05, 0) is 29.7 Å². The van der Waals surface area contributed by atoms with Gasteiger partial charge in [-0.25, -0.2) is 4.98 Å². The Balaban J connectivity index is 1.57. The number of hydrogen-bond donors (Lipinski definition) is 0. The summed E-state index contributed by atoms with van der Waals surface area (Å²) in [5.74, 6) is 3.10. The summed E-state index contributed by atoms with van der Waals surface area (Å²) in [6.07, 6.45) is 2.46. The molecule has 0 unspecified atom stereocenters. The molecule has 0 radical (unpaired) electrons. The van der Waals surface area contributed by atoms with Crippen LogP contribution in [0.2, 0.25) is 0 Å². The van der Waals surface area contributed by atoms with E-state index in [-0.39, 0.29) is 0 Å². The molecule has 7 nitrogen and oxygen atoms in total. The van der Waals surface area contributed by atoms with Crippen molar-refractivity contribution >= 4 is 11.6 Å². The average molecular weight is 387 g/mol. The molecule has 0 N–H and O–H groups in total. The van der Waals surface area contributed by atoms with Gasteiger partial charge in [0.15, 0.2) is 11.5 Å². The van der Waals surface area contributed by atoms with Crippen molar-refractivity contribution < 1.29 is 9.47 Å². The van der Waals surface area contributed by atoms with Gasteiger partial charge < -0.3 is 14.4 Å². The number of anilines is 1. The lowest BCUT2D eigenvalue weighted by Crippen LogP contribution is -2.32. The standard InChI is InChI=1S/C22H21N5O2/c1-28-19-10-16-8-9-26(13-17(16)11-20(19)29-2)21-12-18(15-6-4-3-5-7-15)25-22-23-14-24-27(21)22/h3-7,10-12,14H,8-9,13H2,1-2H3. The van der Waals surface area contributed by atoms with Crippen LogP contribution in [0.25, 0.3) is 17.0 Å². The Morgan fingerprint density at radius 3 is 2.45 bits per heavy atom. The smallest absolute Gasteiger partial charge is 0.254 e. The highest BCUT2D eigenvalue weighted by Crippen LogP contribution is 2.35. The highest BCUT2D eigenvalue weighted by Gasteiger charge is 2.22. The van der Waals surface area contributed by atoms with Crippen molar-refractivity contribution in [1.82, 2.24) is 19.6 Å². The minimum Gasteiger partial charge on any atom is -0.493 e. The van der Waals surface area contributed by atoms with E-state index in [4.69, 9.17) is 9.47 Å². The Hall–Kier alpha value is -3.61. The van der Waals surface area contributed by atoms with Gasteiger partial charge in [0.2, 0.25) is 0 Å². The van der Waals surface area contributed by atoms with Crippen molar-refractivity contribution in [3.63, 3.8) is 0 Å². The normalized spacial score (nSPS) is 13.4. The minimum atomic E-state index is 0.597. The van der Waals surface area contributed by atoms with Crippen LogP contribution in [0.15, 0.2) is 54.9 Å². The molecule has 29 heavy (non-hydrogen) atoms. The predicted molar refractivity (Wildman–Crippen MR) is 111 cm³/mol. The molecule has 146 valence electrons. The van der Waals surface area contributed by atoms with E-state index in [0.717, 1.165) is 48.1 Å².